The number of hydrogen-bond donors (Lipinski definition) is 2. The summed E-state index contributed by atoms with van der Waals surface area (Å²) >= 11 is 1.65. The highest BCUT2D eigenvalue weighted by Gasteiger charge is 2.38. The maximum atomic E-state index is 13.5. The Morgan fingerprint density at radius 3 is 2.62 bits per heavy atom. The fourth-order valence-electron chi connectivity index (χ4n) is 3.71. The first kappa shape index (κ1) is 22.0. The number of nitrogens with zero attached hydrogens (tertiary/aromatic N) is 3. The first-order valence-corrected chi connectivity index (χ1v) is 11.1. The first-order valence-electron chi connectivity index (χ1n) is 10.3. The Hall–Kier alpha value is -3.79. The van der Waals surface area contributed by atoms with E-state index in [4.69, 9.17) is 0 Å². The van der Waals surface area contributed by atoms with Gasteiger partial charge >= 0.3 is 6.18 Å². The van der Waals surface area contributed by atoms with Crippen molar-refractivity contribution in [2.45, 2.75) is 29.4 Å². The molecule has 34 heavy (non-hydrogen) atoms. The molecule has 0 spiro atoms. The van der Waals surface area contributed by atoms with Crippen molar-refractivity contribution in [3.05, 3.63) is 78.1 Å². The molecular weight excluding hydrogens is 463 g/mol. The lowest BCUT2D eigenvalue weighted by Crippen LogP contribution is -2.27. The number of aromatic nitrogens is 2. The third kappa shape index (κ3) is 4.24. The highest BCUT2D eigenvalue weighted by Crippen LogP contribution is 2.44. The van der Waals surface area contributed by atoms with Gasteiger partial charge in [-0.1, -0.05) is 42.1 Å². The lowest BCUT2D eigenvalue weighted by atomic mass is 10.1. The van der Waals surface area contributed by atoms with Gasteiger partial charge in [0.25, 0.3) is 5.91 Å². The van der Waals surface area contributed by atoms with Crippen molar-refractivity contribution >= 4 is 45.8 Å². The summed E-state index contributed by atoms with van der Waals surface area (Å²) in [5, 5.41) is 7.50. The van der Waals surface area contributed by atoms with Gasteiger partial charge in [0.05, 0.1) is 28.1 Å². The molecule has 2 N–H and O–H groups in total. The second-order valence-electron chi connectivity index (χ2n) is 7.67. The number of imidazole rings is 1. The van der Waals surface area contributed by atoms with Crippen LogP contribution >= 0.6 is 11.8 Å². The van der Waals surface area contributed by atoms with Crippen LogP contribution in [0.4, 0.5) is 24.5 Å². The Bertz CT molecular complexity index is 1440. The third-order valence-corrected chi connectivity index (χ3v) is 6.48. The minimum atomic E-state index is -4.69. The van der Waals surface area contributed by atoms with Crippen LogP contribution in [0.2, 0.25) is 0 Å². The minimum absolute atomic E-state index is 0.170. The number of fused-ring (bicyclic) bond motifs is 3. The standard InChI is InChI=1S/C24H18F3N5OS/c1-14(15-10-11-21-18(12-15)28-17-7-3-5-9-20(17)34-21)30-31-22(33)13-32-19-8-4-2-6-16(19)29-23(32)24(25,26)27/h2-12,28H,13H2,1H3,(H,31,33)/b30-14-. The minimum Gasteiger partial charge on any atom is -0.354 e. The van der Waals surface area contributed by atoms with Gasteiger partial charge in [0.1, 0.15) is 6.54 Å². The van der Waals surface area contributed by atoms with Crippen molar-refractivity contribution in [1.82, 2.24) is 15.0 Å². The molecule has 0 atom stereocenters. The summed E-state index contributed by atoms with van der Waals surface area (Å²) in [5.74, 6) is -1.81. The summed E-state index contributed by atoms with van der Waals surface area (Å²) in [6, 6.07) is 19.9. The summed E-state index contributed by atoms with van der Waals surface area (Å²) in [5.41, 5.74) is 5.98. The van der Waals surface area contributed by atoms with Crippen LogP contribution in [0.25, 0.3) is 11.0 Å². The molecule has 0 radical (unpaired) electrons. The maximum Gasteiger partial charge on any atom is 0.449 e. The number of carbonyl (C=O) groups excluding carboxylic acids is 1. The number of para-hydroxylation sites is 3. The Kier molecular flexibility index (Phi) is 5.52. The van der Waals surface area contributed by atoms with E-state index in [1.807, 2.05) is 42.5 Å². The van der Waals surface area contributed by atoms with Gasteiger partial charge in [-0.3, -0.25) is 4.79 Å². The van der Waals surface area contributed by atoms with E-state index < -0.39 is 24.5 Å². The number of alkyl halides is 3. The van der Waals surface area contributed by atoms with Crippen LogP contribution in [0.5, 0.6) is 0 Å². The number of carbonyl (C=O) groups is 1. The van der Waals surface area contributed by atoms with Crippen LogP contribution < -0.4 is 10.7 Å². The Morgan fingerprint density at radius 2 is 1.79 bits per heavy atom. The topological polar surface area (TPSA) is 71.3 Å². The zero-order chi connectivity index (χ0) is 23.9. The predicted octanol–water partition coefficient (Wildman–Crippen LogP) is 5.80. The number of halogens is 3. The smallest absolute Gasteiger partial charge is 0.354 e. The van der Waals surface area contributed by atoms with Crippen molar-refractivity contribution in [2.75, 3.05) is 5.32 Å². The van der Waals surface area contributed by atoms with Crippen LogP contribution in [0, 0.1) is 0 Å². The van der Waals surface area contributed by atoms with Gasteiger partial charge in [0.15, 0.2) is 0 Å². The van der Waals surface area contributed by atoms with E-state index in [0.29, 0.717) is 5.71 Å². The van der Waals surface area contributed by atoms with Gasteiger partial charge in [-0.25, -0.2) is 10.4 Å². The zero-order valence-electron chi connectivity index (χ0n) is 17.8. The molecule has 2 heterocycles. The van der Waals surface area contributed by atoms with E-state index in [2.05, 4.69) is 20.8 Å². The molecule has 1 amide bonds. The number of hydrazone groups is 1. The highest BCUT2D eigenvalue weighted by molar-refractivity contribution is 7.99. The molecule has 0 saturated heterocycles. The molecule has 5 rings (SSSR count). The number of rotatable bonds is 4. The zero-order valence-corrected chi connectivity index (χ0v) is 18.7. The number of amides is 1. The van der Waals surface area contributed by atoms with E-state index >= 15 is 0 Å². The summed E-state index contributed by atoms with van der Waals surface area (Å²) in [4.78, 5) is 18.3. The average Bonchev–Trinajstić information content (AvgIpc) is 3.19. The van der Waals surface area contributed by atoms with Crippen LogP contribution in [0.1, 0.15) is 18.3 Å². The second-order valence-corrected chi connectivity index (χ2v) is 8.76. The molecule has 4 aromatic rings. The summed E-state index contributed by atoms with van der Waals surface area (Å²) in [7, 11) is 0. The fraction of sp³-hybridized carbons (Fsp3) is 0.125. The maximum absolute atomic E-state index is 13.5. The van der Waals surface area contributed by atoms with Crippen molar-refractivity contribution in [3.63, 3.8) is 0 Å². The second kappa shape index (κ2) is 8.53. The quantitative estimate of drug-likeness (QED) is 0.251. The molecule has 1 aromatic heterocycles. The van der Waals surface area contributed by atoms with Crippen molar-refractivity contribution in [2.24, 2.45) is 5.10 Å². The van der Waals surface area contributed by atoms with Gasteiger partial charge in [-0.05, 0) is 48.9 Å². The molecule has 0 aliphatic carbocycles. The summed E-state index contributed by atoms with van der Waals surface area (Å²) in [6.07, 6.45) is -4.69. The van der Waals surface area contributed by atoms with Crippen molar-refractivity contribution in [3.8, 4) is 0 Å². The van der Waals surface area contributed by atoms with E-state index in [0.717, 1.165) is 31.3 Å². The molecule has 6 nitrogen and oxygen atoms in total. The van der Waals surface area contributed by atoms with E-state index in [9.17, 15) is 18.0 Å². The van der Waals surface area contributed by atoms with Gasteiger partial charge in [-0.2, -0.15) is 18.3 Å². The lowest BCUT2D eigenvalue weighted by molar-refractivity contribution is -0.147. The molecule has 0 unspecified atom stereocenters. The molecule has 1 aliphatic heterocycles. The molecular formula is C24H18F3N5OS. The van der Waals surface area contributed by atoms with Crippen LogP contribution in [-0.2, 0) is 17.5 Å². The SMILES string of the molecule is C/C(=N/NC(=O)Cn1c(C(F)(F)F)nc2ccccc21)c1ccc2c(c1)Nc1ccccc1S2. The fourth-order valence-corrected chi connectivity index (χ4v) is 4.67. The number of hydrogen-bond acceptors (Lipinski definition) is 5. The molecule has 0 saturated carbocycles. The molecule has 172 valence electrons. The average molecular weight is 482 g/mol. The number of benzene rings is 3. The van der Waals surface area contributed by atoms with Gasteiger partial charge in [0, 0.05) is 9.79 Å². The molecule has 1 aliphatic rings. The number of anilines is 2. The largest absolute Gasteiger partial charge is 0.449 e. The molecule has 3 aromatic carbocycles. The van der Waals surface area contributed by atoms with Gasteiger partial charge in [0.2, 0.25) is 5.82 Å². The molecule has 10 heteroatoms. The molecule has 0 fully saturated rings. The Balaban J connectivity index is 1.33. The Labute approximate surface area is 196 Å². The van der Waals surface area contributed by atoms with Crippen LogP contribution in [0.15, 0.2) is 81.6 Å². The lowest BCUT2D eigenvalue weighted by Gasteiger charge is -2.21. The van der Waals surface area contributed by atoms with Crippen LogP contribution in [0.3, 0.4) is 0 Å². The van der Waals surface area contributed by atoms with E-state index in [1.54, 1.807) is 30.8 Å². The summed E-state index contributed by atoms with van der Waals surface area (Å²) in [6.45, 7) is 1.16. The monoisotopic (exact) mass is 481 g/mol. The third-order valence-electron chi connectivity index (χ3n) is 5.33. The van der Waals surface area contributed by atoms with E-state index in [1.165, 1.54) is 12.1 Å². The highest BCUT2D eigenvalue weighted by atomic mass is 32.2. The first-order chi connectivity index (χ1) is 16.3. The molecule has 0 bridgehead atoms. The van der Waals surface area contributed by atoms with Crippen molar-refractivity contribution < 1.29 is 18.0 Å². The summed E-state index contributed by atoms with van der Waals surface area (Å²) < 4.78 is 41.2. The van der Waals surface area contributed by atoms with E-state index in [-0.39, 0.29) is 11.0 Å². The van der Waals surface area contributed by atoms with Gasteiger partial charge in [-0.15, -0.1) is 0 Å². The predicted molar refractivity (Wildman–Crippen MR) is 125 cm³/mol. The van der Waals surface area contributed by atoms with Crippen LogP contribution in [-0.4, -0.2) is 21.2 Å². The van der Waals surface area contributed by atoms with Crippen molar-refractivity contribution in [1.29, 1.82) is 0 Å². The van der Waals surface area contributed by atoms with Gasteiger partial charge < -0.3 is 9.88 Å². The number of nitrogens with one attached hydrogen (secondary N) is 2. The normalized spacial score (nSPS) is 13.2. The Morgan fingerprint density at radius 1 is 1.06 bits per heavy atom.